The zero-order valence-electron chi connectivity index (χ0n) is 19.2. The third kappa shape index (κ3) is 3.72. The number of para-hydroxylation sites is 1. The molecule has 1 aliphatic heterocycles. The summed E-state index contributed by atoms with van der Waals surface area (Å²) in [7, 11) is 1.65. The lowest BCUT2D eigenvalue weighted by molar-refractivity contribution is 0.415. The van der Waals surface area contributed by atoms with Crippen LogP contribution in [0.15, 0.2) is 79.0 Å². The quantitative estimate of drug-likeness (QED) is 0.371. The molecule has 5 rings (SSSR count). The van der Waals surface area contributed by atoms with Gasteiger partial charge in [-0.25, -0.2) is 4.39 Å². The molecule has 0 spiro atoms. The molecule has 0 amide bonds. The van der Waals surface area contributed by atoms with Gasteiger partial charge in [0.15, 0.2) is 5.11 Å². The Morgan fingerprint density at radius 1 is 1.00 bits per heavy atom. The molecule has 0 saturated carbocycles. The van der Waals surface area contributed by atoms with E-state index in [1.807, 2.05) is 66.9 Å². The van der Waals surface area contributed by atoms with Gasteiger partial charge in [-0.15, -0.1) is 0 Å². The van der Waals surface area contributed by atoms with Crippen LogP contribution in [0.2, 0.25) is 0 Å². The molecule has 1 fully saturated rings. The zero-order valence-corrected chi connectivity index (χ0v) is 20.0. The van der Waals surface area contributed by atoms with E-state index >= 15 is 0 Å². The first-order valence-electron chi connectivity index (χ1n) is 11.1. The first-order valence-corrected chi connectivity index (χ1v) is 11.5. The predicted molar refractivity (Wildman–Crippen MR) is 136 cm³/mol. The van der Waals surface area contributed by atoms with Crippen molar-refractivity contribution < 1.29 is 9.13 Å². The number of hydrogen-bond donors (Lipinski definition) is 1. The molecular weight excluding hydrogens is 447 g/mol. The number of aryl methyl sites for hydroxylation is 1. The van der Waals surface area contributed by atoms with Crippen LogP contribution in [0.5, 0.6) is 5.75 Å². The summed E-state index contributed by atoms with van der Waals surface area (Å²) in [5, 5.41) is 4.08. The smallest absolute Gasteiger partial charge is 0.174 e. The van der Waals surface area contributed by atoms with Gasteiger partial charge < -0.3 is 19.5 Å². The molecule has 0 radical (unpaired) electrons. The number of nitrogens with zero attached hydrogens (tertiary/aromatic N) is 3. The van der Waals surface area contributed by atoms with Crippen LogP contribution >= 0.6 is 12.2 Å². The maximum absolute atomic E-state index is 14.8. The summed E-state index contributed by atoms with van der Waals surface area (Å²) >= 11 is 5.83. The maximum atomic E-state index is 14.8. The van der Waals surface area contributed by atoms with Crippen molar-refractivity contribution in [3.63, 3.8) is 0 Å². The summed E-state index contributed by atoms with van der Waals surface area (Å²) in [6, 6.07) is 22.3. The molecule has 0 unspecified atom stereocenters. The van der Waals surface area contributed by atoms with Gasteiger partial charge in [0, 0.05) is 29.3 Å². The normalized spacial score (nSPS) is 17.6. The van der Waals surface area contributed by atoms with Crippen molar-refractivity contribution in [2.75, 3.05) is 12.0 Å². The fourth-order valence-electron chi connectivity index (χ4n) is 4.80. The second-order valence-corrected chi connectivity index (χ2v) is 8.70. The summed E-state index contributed by atoms with van der Waals surface area (Å²) in [5.74, 6) is 0.485. The molecular formula is C27H25FN4OS. The number of pyridine rings is 1. The van der Waals surface area contributed by atoms with Gasteiger partial charge in [0.2, 0.25) is 0 Å². The maximum Gasteiger partial charge on any atom is 0.174 e. The lowest BCUT2D eigenvalue weighted by Gasteiger charge is -2.28. The van der Waals surface area contributed by atoms with Crippen LogP contribution in [0.3, 0.4) is 0 Å². The van der Waals surface area contributed by atoms with Crippen molar-refractivity contribution in [2.45, 2.75) is 25.9 Å². The SMILES string of the molecule is COc1cccc(N2C(=S)N[C@@H](c3ccccn3)[C@H]2c2cc(C)n(-c3ccccc3F)c2C)c1. The zero-order chi connectivity index (χ0) is 23.8. The van der Waals surface area contributed by atoms with Crippen molar-refractivity contribution in [3.8, 4) is 11.4 Å². The van der Waals surface area contributed by atoms with Crippen molar-refractivity contribution in [1.82, 2.24) is 14.9 Å². The first kappa shape index (κ1) is 22.1. The van der Waals surface area contributed by atoms with Crippen LogP contribution in [0.1, 0.15) is 34.7 Å². The Labute approximate surface area is 203 Å². The highest BCUT2D eigenvalue weighted by molar-refractivity contribution is 7.80. The standard InChI is InChI=1S/C27H25FN4OS/c1-17-15-21(18(2)31(17)24-13-5-4-11-22(24)28)26-25(23-12-6-7-14-29-23)30-27(34)32(26)19-9-8-10-20(16-19)33-3/h4-16,25-26H,1-3H3,(H,30,34)/t25-,26+/m0/s1. The predicted octanol–water partition coefficient (Wildman–Crippen LogP) is 5.81. The molecule has 7 heteroatoms. The fourth-order valence-corrected chi connectivity index (χ4v) is 5.15. The van der Waals surface area contributed by atoms with Gasteiger partial charge in [-0.3, -0.25) is 4.98 Å². The van der Waals surface area contributed by atoms with Crippen LogP contribution in [-0.2, 0) is 0 Å². The van der Waals surface area contributed by atoms with E-state index in [0.717, 1.165) is 34.1 Å². The van der Waals surface area contributed by atoms with E-state index in [0.29, 0.717) is 10.8 Å². The molecule has 1 N–H and O–H groups in total. The van der Waals surface area contributed by atoms with Crippen LogP contribution in [0, 0.1) is 19.7 Å². The average Bonchev–Trinajstić information content (AvgIpc) is 3.35. The molecule has 5 nitrogen and oxygen atoms in total. The van der Waals surface area contributed by atoms with Crippen LogP contribution in [-0.4, -0.2) is 21.8 Å². The number of thiocarbonyl (C=S) groups is 1. The summed E-state index contributed by atoms with van der Waals surface area (Å²) in [4.78, 5) is 6.73. The number of hydrogen-bond acceptors (Lipinski definition) is 3. The topological polar surface area (TPSA) is 42.3 Å². The highest BCUT2D eigenvalue weighted by Gasteiger charge is 2.42. The van der Waals surface area contributed by atoms with Crippen molar-refractivity contribution in [3.05, 3.63) is 107 Å². The van der Waals surface area contributed by atoms with Gasteiger partial charge >= 0.3 is 0 Å². The fraction of sp³-hybridized carbons (Fsp3) is 0.185. The summed E-state index contributed by atoms with van der Waals surface area (Å²) < 4.78 is 22.2. The summed E-state index contributed by atoms with van der Waals surface area (Å²) in [6.07, 6.45) is 1.79. The second kappa shape index (κ2) is 8.91. The van der Waals surface area contributed by atoms with E-state index in [4.69, 9.17) is 17.0 Å². The molecule has 2 aromatic carbocycles. The van der Waals surface area contributed by atoms with E-state index in [-0.39, 0.29) is 17.9 Å². The number of aromatic nitrogens is 2. The monoisotopic (exact) mass is 472 g/mol. The summed E-state index contributed by atoms with van der Waals surface area (Å²) in [6.45, 7) is 4.02. The van der Waals surface area contributed by atoms with E-state index < -0.39 is 0 Å². The lowest BCUT2D eigenvalue weighted by atomic mass is 9.96. The van der Waals surface area contributed by atoms with Gasteiger partial charge in [-0.2, -0.15) is 0 Å². The van der Waals surface area contributed by atoms with Crippen LogP contribution in [0.25, 0.3) is 5.69 Å². The van der Waals surface area contributed by atoms with E-state index in [1.165, 1.54) is 6.07 Å². The number of rotatable bonds is 5. The van der Waals surface area contributed by atoms with Gasteiger partial charge in [0.25, 0.3) is 0 Å². The van der Waals surface area contributed by atoms with Crippen molar-refractivity contribution >= 4 is 23.0 Å². The molecule has 172 valence electrons. The molecule has 0 bridgehead atoms. The Morgan fingerprint density at radius 3 is 2.53 bits per heavy atom. The van der Waals surface area contributed by atoms with Crippen molar-refractivity contribution in [1.29, 1.82) is 0 Å². The number of benzene rings is 2. The van der Waals surface area contributed by atoms with Gasteiger partial charge in [0.1, 0.15) is 11.6 Å². The number of ether oxygens (including phenoxy) is 1. The molecule has 3 heterocycles. The minimum absolute atomic E-state index is 0.186. The lowest BCUT2D eigenvalue weighted by Crippen LogP contribution is -2.29. The van der Waals surface area contributed by atoms with E-state index in [9.17, 15) is 4.39 Å². The average molecular weight is 473 g/mol. The van der Waals surface area contributed by atoms with E-state index in [2.05, 4.69) is 21.3 Å². The second-order valence-electron chi connectivity index (χ2n) is 8.31. The van der Waals surface area contributed by atoms with Crippen molar-refractivity contribution in [2.24, 2.45) is 0 Å². The number of methoxy groups -OCH3 is 1. The van der Waals surface area contributed by atoms with Crippen LogP contribution in [0.4, 0.5) is 10.1 Å². The molecule has 4 aromatic rings. The van der Waals surface area contributed by atoms with E-state index in [1.54, 1.807) is 25.4 Å². The van der Waals surface area contributed by atoms with Gasteiger partial charge in [-0.05, 0) is 74.1 Å². The summed E-state index contributed by atoms with van der Waals surface area (Å²) in [5.41, 5.74) is 5.27. The van der Waals surface area contributed by atoms with Crippen LogP contribution < -0.4 is 15.0 Å². The Bertz CT molecular complexity index is 1350. The molecule has 1 aliphatic rings. The molecule has 34 heavy (non-hydrogen) atoms. The first-order chi connectivity index (χ1) is 16.5. The number of halogens is 1. The molecule has 2 aromatic heterocycles. The highest BCUT2D eigenvalue weighted by atomic mass is 32.1. The van der Waals surface area contributed by atoms with Gasteiger partial charge in [-0.1, -0.05) is 24.3 Å². The van der Waals surface area contributed by atoms with Gasteiger partial charge in [0.05, 0.1) is 30.6 Å². The highest BCUT2D eigenvalue weighted by Crippen LogP contribution is 2.44. The number of nitrogens with one attached hydrogen (secondary N) is 1. The minimum atomic E-state index is -0.262. The largest absolute Gasteiger partial charge is 0.497 e. The third-order valence-corrected chi connectivity index (χ3v) is 6.63. The Kier molecular flexibility index (Phi) is 5.79. The Balaban J connectivity index is 1.70. The minimum Gasteiger partial charge on any atom is -0.497 e. The third-order valence-electron chi connectivity index (χ3n) is 6.31. The number of anilines is 1. The molecule has 1 saturated heterocycles. The Hall–Kier alpha value is -3.71. The molecule has 0 aliphatic carbocycles. The Morgan fingerprint density at radius 2 is 1.79 bits per heavy atom. The molecule has 2 atom stereocenters.